The van der Waals surface area contributed by atoms with Gasteiger partial charge in [-0.15, -0.1) is 0 Å². The van der Waals surface area contributed by atoms with E-state index in [2.05, 4.69) is 15.9 Å². The monoisotopic (exact) mass is 387 g/mol. The Morgan fingerprint density at radius 1 is 1.24 bits per heavy atom. The summed E-state index contributed by atoms with van der Waals surface area (Å²) in [7, 11) is 1.59. The molecule has 0 spiro atoms. The van der Waals surface area contributed by atoms with E-state index in [1.807, 2.05) is 12.1 Å². The third-order valence-corrected chi connectivity index (χ3v) is 4.23. The van der Waals surface area contributed by atoms with Gasteiger partial charge in [-0.3, -0.25) is 4.79 Å². The van der Waals surface area contributed by atoms with Crippen LogP contribution in [0.2, 0.25) is 10.0 Å². The summed E-state index contributed by atoms with van der Waals surface area (Å²) in [6.07, 6.45) is 0.235. The Hall–Kier alpha value is -1.23. The molecule has 6 heteroatoms. The van der Waals surface area contributed by atoms with E-state index in [4.69, 9.17) is 33.7 Å². The fourth-order valence-corrected chi connectivity index (χ4v) is 2.93. The van der Waals surface area contributed by atoms with Crippen molar-refractivity contribution in [2.45, 2.75) is 6.42 Å². The molecule has 0 fully saturated rings. The maximum Gasteiger partial charge on any atom is 0.167 e. The Morgan fingerprint density at radius 3 is 2.38 bits per heavy atom. The van der Waals surface area contributed by atoms with Crippen molar-refractivity contribution in [3.63, 3.8) is 0 Å². The van der Waals surface area contributed by atoms with E-state index in [0.717, 1.165) is 10.0 Å². The van der Waals surface area contributed by atoms with Crippen LogP contribution in [0.4, 0.5) is 5.69 Å². The highest BCUT2D eigenvalue weighted by Crippen LogP contribution is 2.30. The van der Waals surface area contributed by atoms with Crippen molar-refractivity contribution in [3.05, 3.63) is 56.0 Å². The number of carbonyl (C=O) groups is 1. The summed E-state index contributed by atoms with van der Waals surface area (Å²) >= 11 is 15.3. The summed E-state index contributed by atoms with van der Waals surface area (Å²) in [4.78, 5) is 12.3. The summed E-state index contributed by atoms with van der Waals surface area (Å²) in [5, 5.41) is 0.559. The molecule has 2 rings (SSSR count). The van der Waals surface area contributed by atoms with E-state index in [-0.39, 0.29) is 27.9 Å². The van der Waals surface area contributed by atoms with Crippen LogP contribution in [0.5, 0.6) is 5.75 Å². The second kappa shape index (κ2) is 6.69. The lowest BCUT2D eigenvalue weighted by atomic mass is 10.0. The van der Waals surface area contributed by atoms with Crippen molar-refractivity contribution < 1.29 is 9.53 Å². The van der Waals surface area contributed by atoms with Gasteiger partial charge >= 0.3 is 0 Å². The molecule has 0 aromatic heterocycles. The molecule has 0 bridgehead atoms. The number of hydrogen-bond acceptors (Lipinski definition) is 3. The number of rotatable bonds is 4. The van der Waals surface area contributed by atoms with Crippen LogP contribution in [0.15, 0.2) is 34.8 Å². The molecular weight excluding hydrogens is 377 g/mol. The van der Waals surface area contributed by atoms with Crippen molar-refractivity contribution >= 4 is 50.6 Å². The topological polar surface area (TPSA) is 52.3 Å². The van der Waals surface area contributed by atoms with Crippen LogP contribution in [0.25, 0.3) is 0 Å². The molecule has 0 aliphatic heterocycles. The van der Waals surface area contributed by atoms with Crippen LogP contribution in [0, 0.1) is 0 Å². The summed E-state index contributed by atoms with van der Waals surface area (Å²) in [5.41, 5.74) is 7.23. The predicted molar refractivity (Wildman–Crippen MR) is 89.6 cm³/mol. The molecule has 2 N–H and O–H groups in total. The molecule has 0 aliphatic rings. The molecule has 3 nitrogen and oxygen atoms in total. The highest BCUT2D eigenvalue weighted by atomic mass is 79.9. The first kappa shape index (κ1) is 16.1. The van der Waals surface area contributed by atoms with Gasteiger partial charge in [0.25, 0.3) is 0 Å². The number of nitrogens with two attached hydrogens (primary N) is 1. The van der Waals surface area contributed by atoms with Crippen molar-refractivity contribution in [2.24, 2.45) is 0 Å². The lowest BCUT2D eigenvalue weighted by molar-refractivity contribution is 0.0993. The number of Topliss-reactive ketones (excluding diaryl/α,β-unsaturated/α-hetero) is 1. The highest BCUT2D eigenvalue weighted by molar-refractivity contribution is 9.10. The molecular formula is C15H12BrCl2NO2. The van der Waals surface area contributed by atoms with Crippen molar-refractivity contribution in [1.29, 1.82) is 0 Å². The summed E-state index contributed by atoms with van der Waals surface area (Å²) in [6, 6.07) is 8.54. The number of halogens is 3. The normalized spacial score (nSPS) is 10.5. The third-order valence-electron chi connectivity index (χ3n) is 2.98. The molecule has 2 aromatic rings. The Labute approximate surface area is 141 Å². The molecule has 0 amide bonds. The zero-order chi connectivity index (χ0) is 15.6. The van der Waals surface area contributed by atoms with E-state index in [1.54, 1.807) is 13.2 Å². The SMILES string of the molecule is COc1ccc(CC(=O)c2cc(Cl)c(N)c(Cl)c2)cc1Br. The predicted octanol–water partition coefficient (Wildman–Crippen LogP) is 4.77. The van der Waals surface area contributed by atoms with Crippen LogP contribution < -0.4 is 10.5 Å². The van der Waals surface area contributed by atoms with Gasteiger partial charge in [0.2, 0.25) is 0 Å². The third kappa shape index (κ3) is 3.70. The second-order valence-electron chi connectivity index (χ2n) is 4.42. The Balaban J connectivity index is 2.24. The smallest absolute Gasteiger partial charge is 0.167 e. The maximum absolute atomic E-state index is 12.3. The van der Waals surface area contributed by atoms with Gasteiger partial charge in [-0.1, -0.05) is 29.3 Å². The van der Waals surface area contributed by atoms with E-state index in [1.165, 1.54) is 12.1 Å². The first-order valence-electron chi connectivity index (χ1n) is 6.02. The first-order valence-corrected chi connectivity index (χ1v) is 7.57. The largest absolute Gasteiger partial charge is 0.496 e. The molecule has 0 aliphatic carbocycles. The van der Waals surface area contributed by atoms with E-state index in [9.17, 15) is 4.79 Å². The van der Waals surface area contributed by atoms with Gasteiger partial charge in [0.1, 0.15) is 5.75 Å². The molecule has 0 unspecified atom stereocenters. The number of anilines is 1. The number of methoxy groups -OCH3 is 1. The molecule has 110 valence electrons. The second-order valence-corrected chi connectivity index (χ2v) is 6.09. The van der Waals surface area contributed by atoms with Gasteiger partial charge < -0.3 is 10.5 Å². The number of ether oxygens (including phenoxy) is 1. The minimum Gasteiger partial charge on any atom is -0.496 e. The van der Waals surface area contributed by atoms with Crippen molar-refractivity contribution in [1.82, 2.24) is 0 Å². The van der Waals surface area contributed by atoms with Crippen molar-refractivity contribution in [3.8, 4) is 5.75 Å². The van der Waals surface area contributed by atoms with Crippen LogP contribution >= 0.6 is 39.1 Å². The number of nitrogen functional groups attached to an aromatic ring is 1. The number of hydrogen-bond donors (Lipinski definition) is 1. The fourth-order valence-electron chi connectivity index (χ4n) is 1.85. The molecule has 0 saturated heterocycles. The molecule has 0 radical (unpaired) electrons. The van der Waals surface area contributed by atoms with Gasteiger partial charge in [-0.25, -0.2) is 0 Å². The number of ketones is 1. The number of carbonyl (C=O) groups excluding carboxylic acids is 1. The Bertz CT molecular complexity index is 681. The minimum atomic E-state index is -0.0872. The zero-order valence-electron chi connectivity index (χ0n) is 11.1. The average molecular weight is 389 g/mol. The van der Waals surface area contributed by atoms with Gasteiger partial charge in [0, 0.05) is 12.0 Å². The van der Waals surface area contributed by atoms with Crippen LogP contribution in [-0.4, -0.2) is 12.9 Å². The van der Waals surface area contributed by atoms with Crippen LogP contribution in [-0.2, 0) is 6.42 Å². The zero-order valence-corrected chi connectivity index (χ0v) is 14.2. The number of benzene rings is 2. The molecule has 0 atom stereocenters. The molecule has 0 heterocycles. The van der Waals surface area contributed by atoms with Gasteiger partial charge in [0.15, 0.2) is 5.78 Å². The Kier molecular flexibility index (Phi) is 5.14. The highest BCUT2D eigenvalue weighted by Gasteiger charge is 2.13. The average Bonchev–Trinajstić information content (AvgIpc) is 2.44. The summed E-state index contributed by atoms with van der Waals surface area (Å²) in [5.74, 6) is 0.626. The molecule has 21 heavy (non-hydrogen) atoms. The van der Waals surface area contributed by atoms with Crippen LogP contribution in [0.1, 0.15) is 15.9 Å². The summed E-state index contributed by atoms with van der Waals surface area (Å²) < 4.78 is 5.95. The van der Waals surface area contributed by atoms with Gasteiger partial charge in [0.05, 0.1) is 27.3 Å². The molecule has 0 saturated carbocycles. The lowest BCUT2D eigenvalue weighted by Gasteiger charge is -2.08. The quantitative estimate of drug-likeness (QED) is 0.606. The Morgan fingerprint density at radius 2 is 1.86 bits per heavy atom. The van der Waals surface area contributed by atoms with E-state index >= 15 is 0 Å². The van der Waals surface area contributed by atoms with Gasteiger partial charge in [-0.2, -0.15) is 0 Å². The van der Waals surface area contributed by atoms with Crippen molar-refractivity contribution in [2.75, 3.05) is 12.8 Å². The van der Waals surface area contributed by atoms with Gasteiger partial charge in [-0.05, 0) is 45.8 Å². The minimum absolute atomic E-state index is 0.0872. The summed E-state index contributed by atoms with van der Waals surface area (Å²) in [6.45, 7) is 0. The maximum atomic E-state index is 12.3. The lowest BCUT2D eigenvalue weighted by Crippen LogP contribution is -2.05. The fraction of sp³-hybridized carbons (Fsp3) is 0.133. The molecule has 2 aromatic carbocycles. The standard InChI is InChI=1S/C15H12BrCl2NO2/c1-21-14-3-2-8(4-10(14)16)5-13(20)9-6-11(17)15(19)12(18)7-9/h2-4,6-7H,5,19H2,1H3. The van der Waals surface area contributed by atoms with E-state index < -0.39 is 0 Å². The van der Waals surface area contributed by atoms with E-state index in [0.29, 0.717) is 11.3 Å². The first-order chi connectivity index (χ1) is 9.92. The van der Waals surface area contributed by atoms with Crippen LogP contribution in [0.3, 0.4) is 0 Å².